The summed E-state index contributed by atoms with van der Waals surface area (Å²) in [7, 11) is 0. The van der Waals surface area contributed by atoms with E-state index in [1.54, 1.807) is 0 Å². The van der Waals surface area contributed by atoms with Crippen molar-refractivity contribution in [1.29, 1.82) is 0 Å². The van der Waals surface area contributed by atoms with Gasteiger partial charge in [-0.3, -0.25) is 0 Å². The Morgan fingerprint density at radius 3 is 2.88 bits per heavy atom. The highest BCUT2D eigenvalue weighted by Gasteiger charge is 2.17. The van der Waals surface area contributed by atoms with Gasteiger partial charge in [-0.05, 0) is 38.3 Å². The molecule has 2 heterocycles. The monoisotopic (exact) mass is 233 g/mol. The van der Waals surface area contributed by atoms with Gasteiger partial charge in [0.25, 0.3) is 0 Å². The third-order valence-corrected chi connectivity index (χ3v) is 3.32. The first-order valence-corrected chi connectivity index (χ1v) is 6.77. The summed E-state index contributed by atoms with van der Waals surface area (Å²) in [6, 6.07) is 4.68. The van der Waals surface area contributed by atoms with Crippen LogP contribution in [0.4, 0.5) is 11.5 Å². The van der Waals surface area contributed by atoms with E-state index in [2.05, 4.69) is 35.1 Å². The first kappa shape index (κ1) is 12.2. The van der Waals surface area contributed by atoms with Crippen LogP contribution >= 0.6 is 0 Å². The Morgan fingerprint density at radius 2 is 2.18 bits per heavy atom. The van der Waals surface area contributed by atoms with Crippen molar-refractivity contribution >= 4 is 11.5 Å². The van der Waals surface area contributed by atoms with Crippen molar-refractivity contribution in [3.8, 4) is 0 Å². The van der Waals surface area contributed by atoms with E-state index in [9.17, 15) is 0 Å². The molecule has 0 bridgehead atoms. The molecular formula is C14H23N3. The maximum absolute atomic E-state index is 4.54. The molecule has 1 atom stereocenters. The molecule has 2 rings (SSSR count). The van der Waals surface area contributed by atoms with Crippen molar-refractivity contribution in [3.05, 3.63) is 18.3 Å². The van der Waals surface area contributed by atoms with Crippen molar-refractivity contribution in [1.82, 2.24) is 4.98 Å². The molecule has 0 saturated carbocycles. The molecular weight excluding hydrogens is 210 g/mol. The van der Waals surface area contributed by atoms with Crippen molar-refractivity contribution in [2.75, 3.05) is 23.3 Å². The zero-order valence-electron chi connectivity index (χ0n) is 10.9. The quantitative estimate of drug-likeness (QED) is 0.846. The van der Waals surface area contributed by atoms with Crippen molar-refractivity contribution in [2.45, 2.75) is 45.6 Å². The molecule has 1 aliphatic rings. The minimum Gasteiger partial charge on any atom is -0.380 e. The molecule has 0 aliphatic carbocycles. The highest BCUT2D eigenvalue weighted by Crippen LogP contribution is 2.26. The summed E-state index contributed by atoms with van der Waals surface area (Å²) in [5, 5.41) is 3.58. The molecule has 94 valence electrons. The van der Waals surface area contributed by atoms with Crippen molar-refractivity contribution in [3.63, 3.8) is 0 Å². The molecule has 0 amide bonds. The summed E-state index contributed by atoms with van der Waals surface area (Å²) in [4.78, 5) is 6.93. The molecule has 1 aliphatic heterocycles. The number of pyridine rings is 1. The standard InChI is InChI=1S/C14H23N3/c1-3-7-12(2)16-13-8-6-9-15-14(13)17-10-4-5-11-17/h6,8-9,12,16H,3-5,7,10-11H2,1-2H3. The first-order valence-electron chi connectivity index (χ1n) is 6.77. The maximum Gasteiger partial charge on any atom is 0.151 e. The molecule has 1 unspecified atom stereocenters. The van der Waals surface area contributed by atoms with Crippen LogP contribution < -0.4 is 10.2 Å². The second-order valence-electron chi connectivity index (χ2n) is 4.90. The SMILES string of the molecule is CCCC(C)Nc1cccnc1N1CCCC1. The highest BCUT2D eigenvalue weighted by atomic mass is 15.2. The van der Waals surface area contributed by atoms with Crippen LogP contribution in [0.15, 0.2) is 18.3 Å². The third kappa shape index (κ3) is 3.11. The number of nitrogens with one attached hydrogen (secondary N) is 1. The Bertz CT molecular complexity index is 345. The van der Waals surface area contributed by atoms with Gasteiger partial charge < -0.3 is 10.2 Å². The summed E-state index contributed by atoms with van der Waals surface area (Å²) in [6.07, 6.45) is 6.90. The van der Waals surface area contributed by atoms with E-state index in [1.165, 1.54) is 31.4 Å². The van der Waals surface area contributed by atoms with Crippen LogP contribution in [-0.4, -0.2) is 24.1 Å². The predicted octanol–water partition coefficient (Wildman–Crippen LogP) is 3.28. The molecule has 0 radical (unpaired) electrons. The van der Waals surface area contributed by atoms with E-state index < -0.39 is 0 Å². The minimum atomic E-state index is 0.519. The molecule has 3 nitrogen and oxygen atoms in total. The number of hydrogen-bond acceptors (Lipinski definition) is 3. The Balaban J connectivity index is 2.09. The molecule has 0 spiro atoms. The maximum atomic E-state index is 4.54. The van der Waals surface area contributed by atoms with Gasteiger partial charge in [0.05, 0.1) is 5.69 Å². The molecule has 1 aromatic heterocycles. The topological polar surface area (TPSA) is 28.2 Å². The zero-order chi connectivity index (χ0) is 12.1. The molecule has 1 aromatic rings. The summed E-state index contributed by atoms with van der Waals surface area (Å²) in [6.45, 7) is 6.76. The Labute approximate surface area is 104 Å². The predicted molar refractivity (Wildman–Crippen MR) is 73.7 cm³/mol. The van der Waals surface area contributed by atoms with Crippen LogP contribution in [0.25, 0.3) is 0 Å². The van der Waals surface area contributed by atoms with E-state index in [0.717, 1.165) is 18.9 Å². The fourth-order valence-electron chi connectivity index (χ4n) is 2.46. The fourth-order valence-corrected chi connectivity index (χ4v) is 2.46. The van der Waals surface area contributed by atoms with Gasteiger partial charge >= 0.3 is 0 Å². The highest BCUT2D eigenvalue weighted by molar-refractivity contribution is 5.66. The van der Waals surface area contributed by atoms with Gasteiger partial charge in [-0.15, -0.1) is 0 Å². The summed E-state index contributed by atoms with van der Waals surface area (Å²) < 4.78 is 0. The average molecular weight is 233 g/mol. The molecule has 17 heavy (non-hydrogen) atoms. The van der Waals surface area contributed by atoms with E-state index in [4.69, 9.17) is 0 Å². The van der Waals surface area contributed by atoms with Crippen molar-refractivity contribution in [2.24, 2.45) is 0 Å². The number of hydrogen-bond donors (Lipinski definition) is 1. The number of anilines is 2. The van der Waals surface area contributed by atoms with Crippen LogP contribution in [0.5, 0.6) is 0 Å². The van der Waals surface area contributed by atoms with Gasteiger partial charge in [-0.25, -0.2) is 4.98 Å². The van der Waals surface area contributed by atoms with Crippen LogP contribution in [-0.2, 0) is 0 Å². The largest absolute Gasteiger partial charge is 0.380 e. The molecule has 3 heteroatoms. The summed E-state index contributed by atoms with van der Waals surface area (Å²) in [5.41, 5.74) is 1.19. The number of aromatic nitrogens is 1. The summed E-state index contributed by atoms with van der Waals surface area (Å²) >= 11 is 0. The average Bonchev–Trinajstić information content (AvgIpc) is 2.83. The lowest BCUT2D eigenvalue weighted by Crippen LogP contribution is -2.23. The van der Waals surface area contributed by atoms with Gasteiger partial charge in [0.1, 0.15) is 0 Å². The Hall–Kier alpha value is -1.25. The lowest BCUT2D eigenvalue weighted by molar-refractivity contribution is 0.689. The van der Waals surface area contributed by atoms with E-state index in [0.29, 0.717) is 6.04 Å². The van der Waals surface area contributed by atoms with Crippen LogP contribution in [0.1, 0.15) is 39.5 Å². The smallest absolute Gasteiger partial charge is 0.151 e. The molecule has 1 saturated heterocycles. The van der Waals surface area contributed by atoms with Crippen LogP contribution in [0.2, 0.25) is 0 Å². The number of rotatable bonds is 5. The van der Waals surface area contributed by atoms with E-state index >= 15 is 0 Å². The second-order valence-corrected chi connectivity index (χ2v) is 4.90. The molecule has 1 fully saturated rings. The van der Waals surface area contributed by atoms with Gasteiger partial charge in [-0.1, -0.05) is 13.3 Å². The van der Waals surface area contributed by atoms with Crippen LogP contribution in [0.3, 0.4) is 0 Å². The van der Waals surface area contributed by atoms with Gasteiger partial charge in [0, 0.05) is 25.3 Å². The minimum absolute atomic E-state index is 0.519. The van der Waals surface area contributed by atoms with Crippen molar-refractivity contribution < 1.29 is 0 Å². The normalized spacial score (nSPS) is 17.2. The van der Waals surface area contributed by atoms with Crippen LogP contribution in [0, 0.1) is 0 Å². The van der Waals surface area contributed by atoms with Gasteiger partial charge in [0.2, 0.25) is 0 Å². The van der Waals surface area contributed by atoms with E-state index in [-0.39, 0.29) is 0 Å². The van der Waals surface area contributed by atoms with Gasteiger partial charge in [0.15, 0.2) is 5.82 Å². The number of nitrogens with zero attached hydrogens (tertiary/aromatic N) is 2. The third-order valence-electron chi connectivity index (χ3n) is 3.32. The Kier molecular flexibility index (Phi) is 4.24. The lowest BCUT2D eigenvalue weighted by atomic mass is 10.2. The second kappa shape index (κ2) is 5.89. The first-order chi connectivity index (χ1) is 8.31. The van der Waals surface area contributed by atoms with Gasteiger partial charge in [-0.2, -0.15) is 0 Å². The molecule has 1 N–H and O–H groups in total. The van der Waals surface area contributed by atoms with E-state index in [1.807, 2.05) is 12.3 Å². The zero-order valence-corrected chi connectivity index (χ0v) is 10.9. The molecule has 0 aromatic carbocycles. The lowest BCUT2D eigenvalue weighted by Gasteiger charge is -2.22. The fraction of sp³-hybridized carbons (Fsp3) is 0.643. The summed E-state index contributed by atoms with van der Waals surface area (Å²) in [5.74, 6) is 1.13. The Morgan fingerprint density at radius 1 is 1.41 bits per heavy atom.